The lowest BCUT2D eigenvalue weighted by molar-refractivity contribution is -0.384. The molecule has 1 aromatic carbocycles. The number of imidazole rings is 1. The van der Waals surface area contributed by atoms with Gasteiger partial charge in [0.05, 0.1) is 22.5 Å². The molecule has 25 heavy (non-hydrogen) atoms. The Morgan fingerprint density at radius 2 is 1.80 bits per heavy atom. The van der Waals surface area contributed by atoms with Gasteiger partial charge in [0.15, 0.2) is 20.0 Å². The van der Waals surface area contributed by atoms with Crippen LogP contribution in [0.1, 0.15) is 0 Å². The molecule has 2 heterocycles. The number of pyridine rings is 1. The SMILES string of the molecule is CS(=O)(=O)c1ccc(-n2cnc(Cl)c2-c2ccc([N+](=O)[O-])cc2)cn1. The number of nitro benzene ring substituents is 1. The summed E-state index contributed by atoms with van der Waals surface area (Å²) in [5.41, 5.74) is 1.66. The van der Waals surface area contributed by atoms with Crippen molar-refractivity contribution in [1.29, 1.82) is 0 Å². The molecule has 2 aromatic heterocycles. The van der Waals surface area contributed by atoms with Crippen LogP contribution in [0.4, 0.5) is 5.69 Å². The third kappa shape index (κ3) is 3.37. The summed E-state index contributed by atoms with van der Waals surface area (Å²) in [5, 5.41) is 10.9. The topological polar surface area (TPSA) is 108 Å². The van der Waals surface area contributed by atoms with Gasteiger partial charge in [0, 0.05) is 24.0 Å². The quantitative estimate of drug-likeness (QED) is 0.510. The number of aromatic nitrogens is 3. The summed E-state index contributed by atoms with van der Waals surface area (Å²) in [6.45, 7) is 0. The van der Waals surface area contributed by atoms with Crippen molar-refractivity contribution in [2.45, 2.75) is 5.03 Å². The van der Waals surface area contributed by atoms with Gasteiger partial charge in [-0.2, -0.15) is 0 Å². The van der Waals surface area contributed by atoms with Crippen LogP contribution in [0.15, 0.2) is 53.9 Å². The van der Waals surface area contributed by atoms with Crippen LogP contribution in [0.2, 0.25) is 5.15 Å². The Hall–Kier alpha value is -2.78. The van der Waals surface area contributed by atoms with Crippen molar-refractivity contribution in [3.05, 3.63) is 64.2 Å². The lowest BCUT2D eigenvalue weighted by Crippen LogP contribution is -2.02. The second-order valence-electron chi connectivity index (χ2n) is 5.18. The number of non-ortho nitro benzene ring substituents is 1. The van der Waals surface area contributed by atoms with Crippen LogP contribution < -0.4 is 0 Å². The Balaban J connectivity index is 2.06. The largest absolute Gasteiger partial charge is 0.296 e. The molecule has 0 spiro atoms. The van der Waals surface area contributed by atoms with Crippen molar-refractivity contribution < 1.29 is 13.3 Å². The van der Waals surface area contributed by atoms with E-state index in [1.807, 2.05) is 0 Å². The summed E-state index contributed by atoms with van der Waals surface area (Å²) in [7, 11) is -3.40. The van der Waals surface area contributed by atoms with Gasteiger partial charge in [0.1, 0.15) is 6.33 Å². The van der Waals surface area contributed by atoms with Crippen molar-refractivity contribution in [2.75, 3.05) is 6.26 Å². The summed E-state index contributed by atoms with van der Waals surface area (Å²) in [5.74, 6) is 0. The number of nitrogens with zero attached hydrogens (tertiary/aromatic N) is 4. The van der Waals surface area contributed by atoms with Gasteiger partial charge < -0.3 is 0 Å². The summed E-state index contributed by atoms with van der Waals surface area (Å²) in [6, 6.07) is 8.84. The normalized spacial score (nSPS) is 11.4. The second kappa shape index (κ2) is 6.26. The number of hydrogen-bond acceptors (Lipinski definition) is 6. The first-order valence-electron chi connectivity index (χ1n) is 6.91. The van der Waals surface area contributed by atoms with Crippen LogP contribution in [-0.4, -0.2) is 34.1 Å². The summed E-state index contributed by atoms with van der Waals surface area (Å²) in [4.78, 5) is 18.3. The van der Waals surface area contributed by atoms with E-state index in [2.05, 4.69) is 9.97 Å². The van der Waals surface area contributed by atoms with Gasteiger partial charge in [-0.3, -0.25) is 14.7 Å². The highest BCUT2D eigenvalue weighted by atomic mass is 35.5. The predicted molar refractivity (Wildman–Crippen MR) is 91.6 cm³/mol. The fraction of sp³-hybridized carbons (Fsp3) is 0.0667. The van der Waals surface area contributed by atoms with E-state index in [4.69, 9.17) is 11.6 Å². The first kappa shape index (κ1) is 17.1. The third-order valence-electron chi connectivity index (χ3n) is 3.45. The van der Waals surface area contributed by atoms with Gasteiger partial charge in [0.2, 0.25) is 0 Å². The molecule has 0 amide bonds. The number of hydrogen-bond donors (Lipinski definition) is 0. The van der Waals surface area contributed by atoms with Crippen molar-refractivity contribution in [3.63, 3.8) is 0 Å². The van der Waals surface area contributed by atoms with Crippen LogP contribution in [-0.2, 0) is 9.84 Å². The van der Waals surface area contributed by atoms with Crippen molar-refractivity contribution >= 4 is 27.1 Å². The molecule has 0 fully saturated rings. The molecular weight excluding hydrogens is 368 g/mol. The zero-order chi connectivity index (χ0) is 18.2. The summed E-state index contributed by atoms with van der Waals surface area (Å²) >= 11 is 6.15. The van der Waals surface area contributed by atoms with Crippen LogP contribution in [0, 0.1) is 10.1 Å². The minimum Gasteiger partial charge on any atom is -0.296 e. The maximum absolute atomic E-state index is 11.5. The van der Waals surface area contributed by atoms with Gasteiger partial charge in [-0.15, -0.1) is 0 Å². The van der Waals surface area contributed by atoms with E-state index in [1.54, 1.807) is 22.8 Å². The average Bonchev–Trinajstić information content (AvgIpc) is 2.96. The first-order chi connectivity index (χ1) is 11.8. The number of sulfone groups is 1. The van der Waals surface area contributed by atoms with E-state index < -0.39 is 14.8 Å². The lowest BCUT2D eigenvalue weighted by Gasteiger charge is -2.09. The van der Waals surface area contributed by atoms with Gasteiger partial charge in [-0.05, 0) is 24.3 Å². The monoisotopic (exact) mass is 378 g/mol. The molecule has 0 aliphatic rings. The van der Waals surface area contributed by atoms with E-state index in [9.17, 15) is 18.5 Å². The van der Waals surface area contributed by atoms with Crippen LogP contribution in [0.3, 0.4) is 0 Å². The fourth-order valence-electron chi connectivity index (χ4n) is 2.26. The molecule has 0 N–H and O–H groups in total. The van der Waals surface area contributed by atoms with Gasteiger partial charge in [0.25, 0.3) is 5.69 Å². The molecule has 0 atom stereocenters. The molecular formula is C15H11ClN4O4S. The predicted octanol–water partition coefficient (Wildman–Crippen LogP) is 2.90. The van der Waals surface area contributed by atoms with Crippen LogP contribution >= 0.6 is 11.6 Å². The van der Waals surface area contributed by atoms with Crippen molar-refractivity contribution in [1.82, 2.24) is 14.5 Å². The molecule has 8 nitrogen and oxygen atoms in total. The minimum absolute atomic E-state index is 0.0369. The number of benzene rings is 1. The van der Waals surface area contributed by atoms with Gasteiger partial charge in [-0.25, -0.2) is 18.4 Å². The molecule has 3 aromatic rings. The molecule has 10 heteroatoms. The Morgan fingerprint density at radius 3 is 2.32 bits per heavy atom. The van der Waals surface area contributed by atoms with E-state index in [1.165, 1.54) is 30.7 Å². The van der Waals surface area contributed by atoms with E-state index in [0.29, 0.717) is 16.9 Å². The molecule has 0 unspecified atom stereocenters. The smallest absolute Gasteiger partial charge is 0.269 e. The molecule has 0 bridgehead atoms. The Labute approximate surface area is 147 Å². The summed E-state index contributed by atoms with van der Waals surface area (Å²) in [6.07, 6.45) is 3.94. The Morgan fingerprint density at radius 1 is 1.12 bits per heavy atom. The van der Waals surface area contributed by atoms with Crippen molar-refractivity contribution in [2.24, 2.45) is 0 Å². The van der Waals surface area contributed by atoms with Crippen LogP contribution in [0.25, 0.3) is 16.9 Å². The van der Waals surface area contributed by atoms with E-state index >= 15 is 0 Å². The van der Waals surface area contributed by atoms with Crippen LogP contribution in [0.5, 0.6) is 0 Å². The maximum atomic E-state index is 11.5. The van der Waals surface area contributed by atoms with Gasteiger partial charge in [-0.1, -0.05) is 11.6 Å². The number of halogens is 1. The Bertz CT molecular complexity index is 1040. The lowest BCUT2D eigenvalue weighted by atomic mass is 10.1. The fourth-order valence-corrected chi connectivity index (χ4v) is 3.06. The highest BCUT2D eigenvalue weighted by molar-refractivity contribution is 7.90. The molecule has 0 aliphatic carbocycles. The highest BCUT2D eigenvalue weighted by Gasteiger charge is 2.16. The standard InChI is InChI=1S/C15H11ClN4O4S/c1-25(23,24)13-7-6-12(8-17-13)19-9-18-15(16)14(19)10-2-4-11(5-3-10)20(21)22/h2-9H,1H3. The molecule has 0 aliphatic heterocycles. The zero-order valence-electron chi connectivity index (χ0n) is 12.8. The molecule has 3 rings (SSSR count). The highest BCUT2D eigenvalue weighted by Crippen LogP contribution is 2.30. The van der Waals surface area contributed by atoms with E-state index in [-0.39, 0.29) is 15.9 Å². The maximum Gasteiger partial charge on any atom is 0.269 e. The summed E-state index contributed by atoms with van der Waals surface area (Å²) < 4.78 is 24.6. The molecule has 128 valence electrons. The molecule has 0 radical (unpaired) electrons. The molecule has 0 saturated carbocycles. The number of nitro groups is 1. The van der Waals surface area contributed by atoms with Gasteiger partial charge >= 0.3 is 0 Å². The third-order valence-corrected chi connectivity index (χ3v) is 4.73. The van der Waals surface area contributed by atoms with E-state index in [0.717, 1.165) is 6.26 Å². The van der Waals surface area contributed by atoms with Crippen molar-refractivity contribution in [3.8, 4) is 16.9 Å². The number of rotatable bonds is 4. The molecule has 0 saturated heterocycles. The first-order valence-corrected chi connectivity index (χ1v) is 9.18. The Kier molecular flexibility index (Phi) is 4.27. The second-order valence-corrected chi connectivity index (χ2v) is 7.51. The zero-order valence-corrected chi connectivity index (χ0v) is 14.4. The average molecular weight is 379 g/mol. The minimum atomic E-state index is -3.40.